The summed E-state index contributed by atoms with van der Waals surface area (Å²) >= 11 is 0. The molecule has 0 saturated carbocycles. The first kappa shape index (κ1) is 18.0. The summed E-state index contributed by atoms with van der Waals surface area (Å²) in [6.07, 6.45) is 3.58. The fraction of sp³-hybridized carbons (Fsp3) is 0.682. The molecule has 6 aliphatic rings. The van der Waals surface area contributed by atoms with Gasteiger partial charge in [0.15, 0.2) is 5.76 Å². The van der Waals surface area contributed by atoms with E-state index in [1.54, 1.807) is 20.1 Å². The molecule has 5 bridgehead atoms. The van der Waals surface area contributed by atoms with Crippen molar-refractivity contribution in [2.24, 2.45) is 17.8 Å². The van der Waals surface area contributed by atoms with Crippen LogP contribution in [-0.4, -0.2) is 59.2 Å². The zero-order chi connectivity index (χ0) is 20.3. The van der Waals surface area contributed by atoms with Gasteiger partial charge in [0.1, 0.15) is 5.76 Å². The van der Waals surface area contributed by atoms with Crippen molar-refractivity contribution in [1.82, 2.24) is 4.90 Å². The van der Waals surface area contributed by atoms with Crippen molar-refractivity contribution in [2.75, 3.05) is 13.7 Å². The highest BCUT2D eigenvalue weighted by Crippen LogP contribution is 2.73. The maximum Gasteiger partial charge on any atom is 0.343 e. The Morgan fingerprint density at radius 1 is 1.48 bits per heavy atom. The topological polar surface area (TPSA) is 77.5 Å². The number of cyclic esters (lactones) is 1. The fourth-order valence-electron chi connectivity index (χ4n) is 7.58. The van der Waals surface area contributed by atoms with Gasteiger partial charge < -0.3 is 24.1 Å². The molecule has 0 radical (unpaired) electrons. The van der Waals surface area contributed by atoms with E-state index in [-0.39, 0.29) is 29.9 Å². The third-order valence-corrected chi connectivity index (χ3v) is 8.40. The van der Waals surface area contributed by atoms with E-state index in [0.29, 0.717) is 29.3 Å². The number of aliphatic hydroxyl groups excluding tert-OH is 1. The molecule has 6 aliphatic heterocycles. The van der Waals surface area contributed by atoms with Crippen LogP contribution in [-0.2, 0) is 23.7 Å². The number of nitrogens with zero attached hydrogens (tertiary/aromatic N) is 1. The number of rotatable bonds is 4. The molecule has 1 N–H and O–H groups in total. The Balaban J connectivity index is 1.48. The SMILES string of the molecule is C=CC[C@@H](O)C12C3CC4C5[C@@H](C)/C(=C6/OC(=O)C(C)=C6OC)O[C@]5(O3)C1CCN42. The minimum atomic E-state index is -0.772. The third-order valence-electron chi connectivity index (χ3n) is 8.40. The molecule has 6 heterocycles. The Morgan fingerprint density at radius 3 is 3.00 bits per heavy atom. The highest BCUT2D eigenvalue weighted by Gasteiger charge is 2.85. The van der Waals surface area contributed by atoms with E-state index >= 15 is 0 Å². The molecule has 1 spiro atoms. The summed E-state index contributed by atoms with van der Waals surface area (Å²) in [5.41, 5.74) is 0.0491. The van der Waals surface area contributed by atoms with Crippen LogP contribution >= 0.6 is 0 Å². The van der Waals surface area contributed by atoms with Crippen LogP contribution in [0.4, 0.5) is 0 Å². The molecule has 0 aliphatic carbocycles. The summed E-state index contributed by atoms with van der Waals surface area (Å²) in [4.78, 5) is 14.7. The second kappa shape index (κ2) is 5.45. The van der Waals surface area contributed by atoms with Crippen LogP contribution in [0.3, 0.4) is 0 Å². The van der Waals surface area contributed by atoms with Crippen molar-refractivity contribution in [1.29, 1.82) is 0 Å². The summed E-state index contributed by atoms with van der Waals surface area (Å²) < 4.78 is 24.4. The molecular weight excluding hydrogens is 374 g/mol. The van der Waals surface area contributed by atoms with Crippen LogP contribution in [0.15, 0.2) is 35.5 Å². The number of carbonyl (C=O) groups is 1. The Morgan fingerprint density at radius 2 is 2.28 bits per heavy atom. The largest absolute Gasteiger partial charge is 0.492 e. The van der Waals surface area contributed by atoms with Crippen LogP contribution in [0.2, 0.25) is 0 Å². The highest BCUT2D eigenvalue weighted by molar-refractivity contribution is 5.93. The van der Waals surface area contributed by atoms with Gasteiger partial charge in [0.2, 0.25) is 11.5 Å². The van der Waals surface area contributed by atoms with Crippen molar-refractivity contribution < 1.29 is 28.8 Å². The van der Waals surface area contributed by atoms with E-state index < -0.39 is 23.4 Å². The summed E-state index contributed by atoms with van der Waals surface area (Å²) in [6, 6.07) is 0.285. The standard InChI is InChI=1S/C22H27NO6/c1-5-6-14(24)21-13-7-8-23(21)12-9-15(21)28-22(13)16(12)10(2)18(29-22)19-17(26-4)11(3)20(25)27-19/h5,10,12-16,24H,1,6-9H2,2-4H3/b19-18-/t10-,12?,13?,14-,15?,16?,21?,22-/m1/s1. The first-order chi connectivity index (χ1) is 13.9. The number of hydrogen-bond donors (Lipinski definition) is 1. The molecule has 5 saturated heterocycles. The number of esters is 1. The number of methoxy groups -OCH3 is 1. The predicted octanol–water partition coefficient (Wildman–Crippen LogP) is 1.84. The van der Waals surface area contributed by atoms with Crippen LogP contribution in [0.25, 0.3) is 0 Å². The van der Waals surface area contributed by atoms with Gasteiger partial charge in [-0.2, -0.15) is 0 Å². The molecule has 5 fully saturated rings. The summed E-state index contributed by atoms with van der Waals surface area (Å²) in [7, 11) is 1.54. The van der Waals surface area contributed by atoms with Gasteiger partial charge in [0, 0.05) is 17.9 Å². The average molecular weight is 401 g/mol. The van der Waals surface area contributed by atoms with Gasteiger partial charge in [-0.1, -0.05) is 13.0 Å². The molecule has 29 heavy (non-hydrogen) atoms. The van der Waals surface area contributed by atoms with E-state index in [0.717, 1.165) is 19.4 Å². The molecule has 7 nitrogen and oxygen atoms in total. The lowest BCUT2D eigenvalue weighted by molar-refractivity contribution is -0.256. The maximum atomic E-state index is 12.2. The van der Waals surface area contributed by atoms with Crippen LogP contribution in [0, 0.1) is 17.8 Å². The second-order valence-electron chi connectivity index (χ2n) is 9.25. The first-order valence-corrected chi connectivity index (χ1v) is 10.6. The number of piperidine rings is 1. The predicted molar refractivity (Wildman–Crippen MR) is 101 cm³/mol. The molecule has 6 rings (SSSR count). The summed E-state index contributed by atoms with van der Waals surface area (Å²) in [5, 5.41) is 11.2. The Labute approximate surface area is 169 Å². The minimum Gasteiger partial charge on any atom is -0.492 e. The van der Waals surface area contributed by atoms with Crippen molar-refractivity contribution in [2.45, 2.75) is 62.7 Å². The number of carbonyl (C=O) groups excluding carboxylic acids is 1. The number of hydrogen-bond acceptors (Lipinski definition) is 7. The van der Waals surface area contributed by atoms with Gasteiger partial charge in [-0.05, 0) is 32.7 Å². The van der Waals surface area contributed by atoms with E-state index in [2.05, 4.69) is 18.4 Å². The van der Waals surface area contributed by atoms with E-state index in [1.165, 1.54) is 0 Å². The molecule has 156 valence electrons. The molecule has 0 aromatic heterocycles. The van der Waals surface area contributed by atoms with Gasteiger partial charge >= 0.3 is 5.97 Å². The third kappa shape index (κ3) is 1.72. The molecule has 0 aromatic carbocycles. The molecule has 0 amide bonds. The molecule has 6 unspecified atom stereocenters. The van der Waals surface area contributed by atoms with Crippen molar-refractivity contribution in [3.05, 3.63) is 35.5 Å². The summed E-state index contributed by atoms with van der Waals surface area (Å²) in [5.74, 6) is 0.547. The van der Waals surface area contributed by atoms with E-state index in [4.69, 9.17) is 18.9 Å². The lowest BCUT2D eigenvalue weighted by Gasteiger charge is -2.49. The van der Waals surface area contributed by atoms with Crippen LogP contribution < -0.4 is 0 Å². The van der Waals surface area contributed by atoms with Crippen molar-refractivity contribution in [3.63, 3.8) is 0 Å². The van der Waals surface area contributed by atoms with Gasteiger partial charge in [-0.3, -0.25) is 4.90 Å². The van der Waals surface area contributed by atoms with Crippen molar-refractivity contribution >= 4 is 5.97 Å². The quantitative estimate of drug-likeness (QED) is 0.569. The monoisotopic (exact) mass is 401 g/mol. The number of aliphatic hydroxyl groups is 1. The molecular formula is C22H27NO6. The number of fused-ring (bicyclic) bond motifs is 1. The lowest BCUT2D eigenvalue weighted by atomic mass is 9.68. The van der Waals surface area contributed by atoms with Crippen molar-refractivity contribution in [3.8, 4) is 0 Å². The first-order valence-electron chi connectivity index (χ1n) is 10.6. The van der Waals surface area contributed by atoms with E-state index in [1.807, 2.05) is 0 Å². The number of allylic oxidation sites excluding steroid dienone is 1. The molecule has 0 aromatic rings. The number of ether oxygens (including phenoxy) is 4. The van der Waals surface area contributed by atoms with Gasteiger partial charge in [-0.25, -0.2) is 4.79 Å². The molecule has 9 atom stereocenters. The van der Waals surface area contributed by atoms with Crippen LogP contribution in [0.5, 0.6) is 0 Å². The molecule has 7 heteroatoms. The van der Waals surface area contributed by atoms with Crippen LogP contribution in [0.1, 0.15) is 33.1 Å². The second-order valence-corrected chi connectivity index (χ2v) is 9.25. The average Bonchev–Trinajstić information content (AvgIpc) is 3.40. The van der Waals surface area contributed by atoms with E-state index in [9.17, 15) is 9.90 Å². The fourth-order valence-corrected chi connectivity index (χ4v) is 7.58. The zero-order valence-electron chi connectivity index (χ0n) is 17.0. The Bertz CT molecular complexity index is 894. The lowest BCUT2D eigenvalue weighted by Crippen LogP contribution is -2.65. The maximum absolute atomic E-state index is 12.2. The van der Waals surface area contributed by atoms with Gasteiger partial charge in [0.05, 0.1) is 36.3 Å². The van der Waals surface area contributed by atoms with Gasteiger partial charge in [0.25, 0.3) is 0 Å². The summed E-state index contributed by atoms with van der Waals surface area (Å²) in [6.45, 7) is 8.62. The highest BCUT2D eigenvalue weighted by atomic mass is 16.7. The van der Waals surface area contributed by atoms with Gasteiger partial charge in [-0.15, -0.1) is 6.58 Å². The normalized spacial score (nSPS) is 52.1. The Hall–Kier alpha value is -1.83. The minimum absolute atomic E-state index is 0.0237. The Kier molecular flexibility index (Phi) is 3.38. The smallest absolute Gasteiger partial charge is 0.343 e. The zero-order valence-corrected chi connectivity index (χ0v) is 17.0.